The van der Waals surface area contributed by atoms with Gasteiger partial charge in [-0.2, -0.15) is 4.99 Å². The average molecular weight is 469 g/mol. The minimum absolute atomic E-state index is 0.583. The smallest absolute Gasteiger partial charge is 0.224 e. The van der Waals surface area contributed by atoms with Gasteiger partial charge in [0.25, 0.3) is 0 Å². The van der Waals surface area contributed by atoms with Crippen molar-refractivity contribution < 1.29 is 4.74 Å². The zero-order valence-electron chi connectivity index (χ0n) is 20.0. The lowest BCUT2D eigenvalue weighted by Gasteiger charge is -2.38. The number of hydrogen-bond donors (Lipinski definition) is 4. The molecule has 2 aromatic rings. The molecular weight excluding hydrogens is 432 g/mol. The predicted octanol–water partition coefficient (Wildman–Crippen LogP) is -0.408. The Labute approximate surface area is 200 Å². The van der Waals surface area contributed by atoms with Crippen molar-refractivity contribution in [1.29, 1.82) is 0 Å². The lowest BCUT2D eigenvalue weighted by atomic mass is 10.1. The number of piperazine rings is 1. The number of morpholine rings is 1. The summed E-state index contributed by atoms with van der Waals surface area (Å²) >= 11 is 0. The number of aliphatic imine (C=N–C) groups is 2. The number of imidazole rings is 1. The van der Waals surface area contributed by atoms with Gasteiger partial charge in [-0.15, -0.1) is 0 Å². The van der Waals surface area contributed by atoms with Gasteiger partial charge < -0.3 is 30.2 Å². The molecule has 184 valence electrons. The molecule has 0 spiro atoms. The second-order valence-electron chi connectivity index (χ2n) is 9.29. The fourth-order valence-corrected chi connectivity index (χ4v) is 4.52. The minimum atomic E-state index is -0.968. The van der Waals surface area contributed by atoms with E-state index in [-0.39, 0.29) is 0 Å². The number of benzene rings is 1. The first kappa shape index (κ1) is 23.0. The van der Waals surface area contributed by atoms with E-state index in [0.29, 0.717) is 32.0 Å². The van der Waals surface area contributed by atoms with Crippen LogP contribution in [-0.2, 0) is 11.2 Å². The van der Waals surface area contributed by atoms with Crippen molar-refractivity contribution in [3.63, 3.8) is 0 Å². The van der Waals surface area contributed by atoms with Crippen LogP contribution in [0.2, 0.25) is 0 Å². The lowest BCUT2D eigenvalue weighted by molar-refractivity contribution is 0.0652. The first-order valence-corrected chi connectivity index (χ1v) is 12.2. The molecule has 0 saturated carbocycles. The Morgan fingerprint density at radius 1 is 1.12 bits per heavy atom. The molecule has 0 bridgehead atoms. The highest BCUT2D eigenvalue weighted by molar-refractivity contribution is 5.97. The van der Waals surface area contributed by atoms with E-state index in [2.05, 4.69) is 37.4 Å². The Hall–Kier alpha value is -2.73. The largest absolute Gasteiger partial charge is 0.378 e. The number of nitrogens with one attached hydrogen (secondary N) is 3. The minimum Gasteiger partial charge on any atom is -0.378 e. The van der Waals surface area contributed by atoms with Gasteiger partial charge in [0.05, 0.1) is 24.2 Å². The number of guanidine groups is 2. The Bertz CT molecular complexity index is 989. The molecule has 5 rings (SSSR count). The Balaban J connectivity index is 1.25. The number of H-pyrrole nitrogens is 1. The number of para-hydroxylation sites is 2. The van der Waals surface area contributed by atoms with Gasteiger partial charge >= 0.3 is 0 Å². The molecule has 11 nitrogen and oxygen atoms in total. The number of nitrogens with two attached hydrogens (primary N) is 1. The quantitative estimate of drug-likeness (QED) is 0.452. The van der Waals surface area contributed by atoms with Crippen molar-refractivity contribution in [2.75, 3.05) is 72.6 Å². The summed E-state index contributed by atoms with van der Waals surface area (Å²) in [6, 6.07) is 8.05. The fraction of sp³-hybridized carbons (Fsp3) is 0.609. The lowest BCUT2D eigenvalue weighted by Crippen LogP contribution is -2.63. The highest BCUT2D eigenvalue weighted by atomic mass is 16.5. The van der Waals surface area contributed by atoms with E-state index in [1.54, 1.807) is 0 Å². The summed E-state index contributed by atoms with van der Waals surface area (Å²) in [5, 5.41) is 6.82. The second-order valence-corrected chi connectivity index (χ2v) is 9.29. The van der Waals surface area contributed by atoms with Crippen LogP contribution in [0, 0.1) is 0 Å². The summed E-state index contributed by atoms with van der Waals surface area (Å²) in [6.07, 6.45) is 1.26. The van der Waals surface area contributed by atoms with Crippen LogP contribution in [-0.4, -0.2) is 115 Å². The van der Waals surface area contributed by atoms with Crippen molar-refractivity contribution in [3.05, 3.63) is 30.1 Å². The van der Waals surface area contributed by atoms with E-state index in [0.717, 1.165) is 75.2 Å². The predicted molar refractivity (Wildman–Crippen MR) is 134 cm³/mol. The molecular formula is C23H36N10O. The molecule has 4 heterocycles. The van der Waals surface area contributed by atoms with Crippen LogP contribution in [0.25, 0.3) is 11.0 Å². The van der Waals surface area contributed by atoms with Gasteiger partial charge in [-0.05, 0) is 19.2 Å². The maximum absolute atomic E-state index is 6.78. The SMILES string of the molecule is CN1CCN(CCNC2=NC(N)(CCc3nc4ccccc4[nH]3)NC(N3CCOCC3)=N2)CC1. The summed E-state index contributed by atoms with van der Waals surface area (Å²) in [6.45, 7) is 9.05. The molecule has 3 aliphatic rings. The molecule has 2 saturated heterocycles. The van der Waals surface area contributed by atoms with Gasteiger partial charge in [-0.25, -0.2) is 9.98 Å². The zero-order valence-corrected chi connectivity index (χ0v) is 20.0. The average Bonchev–Trinajstić information content (AvgIpc) is 3.28. The Kier molecular flexibility index (Phi) is 6.95. The highest BCUT2D eigenvalue weighted by Gasteiger charge is 2.33. The monoisotopic (exact) mass is 468 g/mol. The van der Waals surface area contributed by atoms with Crippen LogP contribution >= 0.6 is 0 Å². The third-order valence-corrected chi connectivity index (χ3v) is 6.64. The van der Waals surface area contributed by atoms with Gasteiger partial charge in [0.1, 0.15) is 5.82 Å². The topological polar surface area (TPSA) is 122 Å². The molecule has 11 heteroatoms. The molecule has 3 aliphatic heterocycles. The number of nitrogens with zero attached hydrogens (tertiary/aromatic N) is 6. The van der Waals surface area contributed by atoms with E-state index in [1.165, 1.54) is 0 Å². The standard InChI is InChI=1S/C23H36N10O/c1-31-10-12-32(13-11-31)9-8-25-21-28-22(33-14-16-34-17-15-33)30-23(24,29-21)7-6-20-26-18-4-2-3-5-19(18)27-20/h2-5H,6-17,24H2,1H3,(H,26,27)(H2,25,28,29,30). The van der Waals surface area contributed by atoms with E-state index in [9.17, 15) is 0 Å². The van der Waals surface area contributed by atoms with E-state index in [1.807, 2.05) is 24.3 Å². The van der Waals surface area contributed by atoms with Crippen LogP contribution in [0.15, 0.2) is 34.3 Å². The molecule has 2 fully saturated rings. The Morgan fingerprint density at radius 2 is 1.91 bits per heavy atom. The fourth-order valence-electron chi connectivity index (χ4n) is 4.52. The van der Waals surface area contributed by atoms with E-state index in [4.69, 9.17) is 25.4 Å². The maximum Gasteiger partial charge on any atom is 0.224 e. The van der Waals surface area contributed by atoms with Crippen molar-refractivity contribution in [2.24, 2.45) is 15.7 Å². The number of aromatic amines is 1. The summed E-state index contributed by atoms with van der Waals surface area (Å²) in [7, 11) is 2.17. The molecule has 0 radical (unpaired) electrons. The summed E-state index contributed by atoms with van der Waals surface area (Å²) in [5.74, 6) is 1.28. The van der Waals surface area contributed by atoms with Crippen molar-refractivity contribution in [3.8, 4) is 0 Å². The molecule has 0 aliphatic carbocycles. The molecule has 1 aromatic heterocycles. The van der Waals surface area contributed by atoms with Crippen LogP contribution in [0.4, 0.5) is 0 Å². The number of rotatable bonds is 6. The van der Waals surface area contributed by atoms with Crippen LogP contribution < -0.4 is 16.4 Å². The zero-order chi connectivity index (χ0) is 23.4. The van der Waals surface area contributed by atoms with E-state index < -0.39 is 5.79 Å². The second kappa shape index (κ2) is 10.3. The molecule has 0 amide bonds. The molecule has 1 atom stereocenters. The van der Waals surface area contributed by atoms with Gasteiger partial charge in [0.2, 0.25) is 11.9 Å². The molecule has 1 aromatic carbocycles. The number of aromatic nitrogens is 2. The molecule has 1 unspecified atom stereocenters. The Morgan fingerprint density at radius 3 is 2.71 bits per heavy atom. The highest BCUT2D eigenvalue weighted by Crippen LogP contribution is 2.17. The third-order valence-electron chi connectivity index (χ3n) is 6.64. The van der Waals surface area contributed by atoms with Crippen LogP contribution in [0.5, 0.6) is 0 Å². The van der Waals surface area contributed by atoms with Gasteiger partial charge in [-0.3, -0.25) is 10.6 Å². The maximum atomic E-state index is 6.78. The van der Waals surface area contributed by atoms with Gasteiger partial charge in [-0.1, -0.05) is 12.1 Å². The molecule has 5 N–H and O–H groups in total. The first-order valence-electron chi connectivity index (χ1n) is 12.2. The van der Waals surface area contributed by atoms with Crippen molar-refractivity contribution >= 4 is 23.0 Å². The number of ether oxygens (including phenoxy) is 1. The summed E-state index contributed by atoms with van der Waals surface area (Å²) in [4.78, 5) is 24.7. The van der Waals surface area contributed by atoms with Crippen LogP contribution in [0.3, 0.4) is 0 Å². The summed E-state index contributed by atoms with van der Waals surface area (Å²) in [5.41, 5.74) is 8.78. The van der Waals surface area contributed by atoms with Crippen LogP contribution in [0.1, 0.15) is 12.2 Å². The number of hydrogen-bond acceptors (Lipinski definition) is 10. The summed E-state index contributed by atoms with van der Waals surface area (Å²) < 4.78 is 5.52. The van der Waals surface area contributed by atoms with Gasteiger partial charge in [0.15, 0.2) is 5.79 Å². The normalized spacial score (nSPS) is 24.6. The van der Waals surface area contributed by atoms with Gasteiger partial charge in [0, 0.05) is 65.2 Å². The molecule has 34 heavy (non-hydrogen) atoms. The number of fused-ring (bicyclic) bond motifs is 1. The van der Waals surface area contributed by atoms with Crippen molar-refractivity contribution in [2.45, 2.75) is 18.6 Å². The number of aryl methyl sites for hydroxylation is 1. The van der Waals surface area contributed by atoms with E-state index >= 15 is 0 Å². The third kappa shape index (κ3) is 5.66. The number of likely N-dealkylation sites (N-methyl/N-ethyl adjacent to an activating group) is 1. The van der Waals surface area contributed by atoms with Crippen molar-refractivity contribution in [1.82, 2.24) is 35.3 Å². The first-order chi connectivity index (χ1) is 16.6.